The molecule has 24 heavy (non-hydrogen) atoms. The second-order valence-electron chi connectivity index (χ2n) is 6.80. The van der Waals surface area contributed by atoms with Gasteiger partial charge in [-0.3, -0.25) is 0 Å². The standard InChI is InChI=1S/C17H23N5O2/c1-4-13-20-21-16(24-13)17-7-5-6-12(17)8-22(9-17)15-14(23-3)11(2)18-10-19-15/h10,12H,4-9H2,1-3H3/t12-,17-/m0/s1. The van der Waals surface area contributed by atoms with Crippen molar-refractivity contribution in [3.8, 4) is 5.75 Å². The van der Waals surface area contributed by atoms with Gasteiger partial charge in [0.05, 0.1) is 18.2 Å². The lowest BCUT2D eigenvalue weighted by atomic mass is 9.80. The molecule has 7 heteroatoms. The zero-order valence-electron chi connectivity index (χ0n) is 14.4. The van der Waals surface area contributed by atoms with E-state index in [0.29, 0.717) is 5.92 Å². The van der Waals surface area contributed by atoms with Crippen LogP contribution in [-0.4, -0.2) is 40.4 Å². The minimum absolute atomic E-state index is 0.0513. The first kappa shape index (κ1) is 15.4. The predicted molar refractivity (Wildman–Crippen MR) is 88.2 cm³/mol. The molecule has 1 saturated heterocycles. The van der Waals surface area contributed by atoms with Crippen molar-refractivity contribution in [2.24, 2.45) is 5.92 Å². The Balaban J connectivity index is 1.70. The van der Waals surface area contributed by atoms with Crippen LogP contribution in [0.3, 0.4) is 0 Å². The predicted octanol–water partition coefficient (Wildman–Crippen LogP) is 2.30. The fraction of sp³-hybridized carbons (Fsp3) is 0.647. The number of aromatic nitrogens is 4. The molecular formula is C17H23N5O2. The molecule has 2 atom stereocenters. The van der Waals surface area contributed by atoms with E-state index < -0.39 is 0 Å². The number of nitrogens with zero attached hydrogens (tertiary/aromatic N) is 5. The van der Waals surface area contributed by atoms with E-state index in [-0.39, 0.29) is 5.41 Å². The summed E-state index contributed by atoms with van der Waals surface area (Å²) in [6, 6.07) is 0. The molecule has 2 aromatic heterocycles. The van der Waals surface area contributed by atoms with Gasteiger partial charge in [0.2, 0.25) is 11.8 Å². The number of hydrogen-bond donors (Lipinski definition) is 0. The summed E-state index contributed by atoms with van der Waals surface area (Å²) in [6.07, 6.45) is 5.87. The molecule has 0 bridgehead atoms. The highest BCUT2D eigenvalue weighted by Gasteiger charge is 2.54. The van der Waals surface area contributed by atoms with Gasteiger partial charge in [-0.15, -0.1) is 10.2 Å². The molecular weight excluding hydrogens is 306 g/mol. The first-order valence-corrected chi connectivity index (χ1v) is 8.61. The van der Waals surface area contributed by atoms with Crippen LogP contribution >= 0.6 is 0 Å². The molecule has 0 amide bonds. The van der Waals surface area contributed by atoms with Gasteiger partial charge in [0.15, 0.2) is 11.6 Å². The molecule has 0 aromatic carbocycles. The minimum atomic E-state index is -0.0513. The molecule has 0 N–H and O–H groups in total. The van der Waals surface area contributed by atoms with Gasteiger partial charge in [-0.1, -0.05) is 13.3 Å². The number of rotatable bonds is 4. The van der Waals surface area contributed by atoms with Crippen molar-refractivity contribution >= 4 is 5.82 Å². The van der Waals surface area contributed by atoms with Crippen LogP contribution in [0.2, 0.25) is 0 Å². The van der Waals surface area contributed by atoms with Crippen molar-refractivity contribution in [1.29, 1.82) is 0 Å². The Kier molecular flexibility index (Phi) is 3.66. The Bertz CT molecular complexity index is 746. The quantitative estimate of drug-likeness (QED) is 0.851. The Hall–Kier alpha value is -2.18. The summed E-state index contributed by atoms with van der Waals surface area (Å²) in [4.78, 5) is 11.0. The van der Waals surface area contributed by atoms with E-state index in [1.165, 1.54) is 12.8 Å². The Morgan fingerprint density at radius 2 is 2.25 bits per heavy atom. The lowest BCUT2D eigenvalue weighted by molar-refractivity contribution is 0.297. The summed E-state index contributed by atoms with van der Waals surface area (Å²) in [5.74, 6) is 3.66. The fourth-order valence-corrected chi connectivity index (χ4v) is 4.31. The Morgan fingerprint density at radius 3 is 3.00 bits per heavy atom. The molecule has 3 heterocycles. The molecule has 0 unspecified atom stereocenters. The molecule has 4 rings (SSSR count). The third kappa shape index (κ3) is 2.17. The zero-order valence-corrected chi connectivity index (χ0v) is 14.4. The van der Waals surface area contributed by atoms with Gasteiger partial charge in [-0.05, 0) is 25.7 Å². The molecule has 1 saturated carbocycles. The minimum Gasteiger partial charge on any atom is -0.491 e. The zero-order chi connectivity index (χ0) is 16.7. The number of methoxy groups -OCH3 is 1. The Morgan fingerprint density at radius 1 is 1.38 bits per heavy atom. The van der Waals surface area contributed by atoms with E-state index in [1.54, 1.807) is 13.4 Å². The second-order valence-corrected chi connectivity index (χ2v) is 6.80. The van der Waals surface area contributed by atoms with Crippen LogP contribution in [0, 0.1) is 12.8 Å². The van der Waals surface area contributed by atoms with Crippen LogP contribution in [0.15, 0.2) is 10.7 Å². The molecule has 0 spiro atoms. The maximum atomic E-state index is 5.97. The number of anilines is 1. The SMILES string of the molecule is CCc1nnc([C@]23CCC[C@H]2CN(c2ncnc(C)c2OC)C3)o1. The molecule has 7 nitrogen and oxygen atoms in total. The van der Waals surface area contributed by atoms with E-state index in [4.69, 9.17) is 9.15 Å². The average molecular weight is 329 g/mol. The molecule has 128 valence electrons. The third-order valence-electron chi connectivity index (χ3n) is 5.53. The topological polar surface area (TPSA) is 77.2 Å². The number of aryl methyl sites for hydroxylation is 2. The first-order valence-electron chi connectivity index (χ1n) is 8.61. The lowest BCUT2D eigenvalue weighted by Gasteiger charge is -2.25. The highest BCUT2D eigenvalue weighted by molar-refractivity contribution is 5.56. The van der Waals surface area contributed by atoms with Crippen LogP contribution < -0.4 is 9.64 Å². The average Bonchev–Trinajstić information content (AvgIpc) is 3.27. The smallest absolute Gasteiger partial charge is 0.224 e. The molecule has 0 radical (unpaired) electrons. The van der Waals surface area contributed by atoms with Gasteiger partial charge in [0.25, 0.3) is 0 Å². The lowest BCUT2D eigenvalue weighted by Crippen LogP contribution is -2.32. The van der Waals surface area contributed by atoms with Crippen molar-refractivity contribution in [2.45, 2.75) is 44.9 Å². The van der Waals surface area contributed by atoms with Crippen molar-refractivity contribution in [2.75, 3.05) is 25.1 Å². The van der Waals surface area contributed by atoms with Crippen LogP contribution in [0.5, 0.6) is 5.75 Å². The molecule has 1 aliphatic carbocycles. The van der Waals surface area contributed by atoms with Crippen molar-refractivity contribution in [1.82, 2.24) is 20.2 Å². The van der Waals surface area contributed by atoms with Crippen LogP contribution in [0.4, 0.5) is 5.82 Å². The van der Waals surface area contributed by atoms with E-state index in [0.717, 1.165) is 55.0 Å². The highest BCUT2D eigenvalue weighted by atomic mass is 16.5. The summed E-state index contributed by atoms with van der Waals surface area (Å²) >= 11 is 0. The first-order chi connectivity index (χ1) is 11.7. The largest absolute Gasteiger partial charge is 0.491 e. The summed E-state index contributed by atoms with van der Waals surface area (Å²) in [5, 5.41) is 8.58. The van der Waals surface area contributed by atoms with Gasteiger partial charge < -0.3 is 14.1 Å². The van der Waals surface area contributed by atoms with Crippen LogP contribution in [0.1, 0.15) is 43.7 Å². The van der Waals surface area contributed by atoms with E-state index in [9.17, 15) is 0 Å². The molecule has 2 fully saturated rings. The maximum Gasteiger partial charge on any atom is 0.224 e. The number of fused-ring (bicyclic) bond motifs is 1. The third-order valence-corrected chi connectivity index (χ3v) is 5.53. The second kappa shape index (κ2) is 5.72. The summed E-state index contributed by atoms with van der Waals surface area (Å²) in [7, 11) is 1.67. The molecule has 1 aliphatic heterocycles. The maximum absolute atomic E-state index is 5.97. The van der Waals surface area contributed by atoms with E-state index in [1.807, 2.05) is 13.8 Å². The van der Waals surface area contributed by atoms with Gasteiger partial charge >= 0.3 is 0 Å². The summed E-state index contributed by atoms with van der Waals surface area (Å²) in [5.41, 5.74) is 0.810. The van der Waals surface area contributed by atoms with Crippen molar-refractivity contribution < 1.29 is 9.15 Å². The van der Waals surface area contributed by atoms with Gasteiger partial charge in [0.1, 0.15) is 6.33 Å². The fourth-order valence-electron chi connectivity index (χ4n) is 4.31. The van der Waals surface area contributed by atoms with E-state index in [2.05, 4.69) is 25.1 Å². The van der Waals surface area contributed by atoms with E-state index >= 15 is 0 Å². The van der Waals surface area contributed by atoms with Crippen molar-refractivity contribution in [3.63, 3.8) is 0 Å². The number of ether oxygens (including phenoxy) is 1. The number of hydrogen-bond acceptors (Lipinski definition) is 7. The van der Waals surface area contributed by atoms with Crippen LogP contribution in [0.25, 0.3) is 0 Å². The van der Waals surface area contributed by atoms with Gasteiger partial charge in [-0.25, -0.2) is 9.97 Å². The van der Waals surface area contributed by atoms with Crippen LogP contribution in [-0.2, 0) is 11.8 Å². The monoisotopic (exact) mass is 329 g/mol. The molecule has 2 aromatic rings. The molecule has 2 aliphatic rings. The van der Waals surface area contributed by atoms with Gasteiger partial charge in [-0.2, -0.15) is 0 Å². The summed E-state index contributed by atoms with van der Waals surface area (Å²) < 4.78 is 11.5. The normalized spacial score (nSPS) is 26.0. The van der Waals surface area contributed by atoms with Crippen molar-refractivity contribution in [3.05, 3.63) is 23.8 Å². The van der Waals surface area contributed by atoms with Gasteiger partial charge in [0, 0.05) is 19.5 Å². The summed E-state index contributed by atoms with van der Waals surface area (Å²) in [6.45, 7) is 5.77. The highest BCUT2D eigenvalue weighted by Crippen LogP contribution is 2.51. The Labute approximate surface area is 141 Å².